The van der Waals surface area contributed by atoms with Gasteiger partial charge in [-0.1, -0.05) is 304 Å². The number of hydrogen-bond donors (Lipinski definition) is 0. The van der Waals surface area contributed by atoms with E-state index in [1.807, 2.05) is 87.7 Å². The predicted octanol–water partition coefficient (Wildman–Crippen LogP) is 25.1. The molecule has 0 spiro atoms. The Morgan fingerprint density at radius 1 is 0.337 bits per heavy atom. The summed E-state index contributed by atoms with van der Waals surface area (Å²) in [6, 6.07) is 44.3. The predicted molar refractivity (Wildman–Crippen MR) is 447 cm³/mol. The second kappa shape index (κ2) is 24.5. The molecule has 1 aliphatic carbocycles. The molecule has 14 aromatic rings. The third-order valence-corrected chi connectivity index (χ3v) is 21.7. The Kier molecular flexibility index (Phi) is 11.4. The molecule has 0 saturated heterocycles. The van der Waals surface area contributed by atoms with Crippen LogP contribution in [0.15, 0.2) is 279 Å². The minimum absolute atomic E-state index is 0.0587. The van der Waals surface area contributed by atoms with Gasteiger partial charge in [0.25, 0.3) is 6.71 Å². The molecule has 13 aromatic carbocycles. The first kappa shape index (κ1) is 48.3. The Hall–Kier alpha value is -10.7. The Balaban J connectivity index is 1.14. The van der Waals surface area contributed by atoms with Crippen molar-refractivity contribution in [3.63, 3.8) is 0 Å². The van der Waals surface area contributed by atoms with Crippen LogP contribution >= 0.6 is 0 Å². The molecule has 3 nitrogen and oxygen atoms in total. The summed E-state index contributed by atoms with van der Waals surface area (Å²) in [5.74, 6) is -0.424. The summed E-state index contributed by atoms with van der Waals surface area (Å²) >= 11 is 0. The highest BCUT2D eigenvalue weighted by atomic mass is 15.2. The molecule has 17 rings (SSSR count). The summed E-state index contributed by atoms with van der Waals surface area (Å²) in [7, 11) is 0. The molecule has 0 amide bonds. The lowest BCUT2D eigenvalue weighted by molar-refractivity contribution is 0.590. The van der Waals surface area contributed by atoms with Crippen LogP contribution in [-0.4, -0.2) is 11.3 Å². The smallest absolute Gasteiger partial charge is 0.252 e. The zero-order chi connectivity index (χ0) is 88.6. The fourth-order valence-corrected chi connectivity index (χ4v) is 16.1. The minimum Gasteiger partial charge on any atom is -0.310 e. The monoisotopic (exact) mass is 1370 g/mol. The minimum atomic E-state index is -0.879. The first-order valence-electron chi connectivity index (χ1n) is 45.6. The zero-order valence-electron chi connectivity index (χ0n) is 80.8. The highest BCUT2D eigenvalue weighted by Gasteiger charge is 2.47. The van der Waals surface area contributed by atoms with E-state index in [0.29, 0.717) is 67.9 Å². The Bertz CT molecular complexity index is 6650. The van der Waals surface area contributed by atoms with Crippen LogP contribution in [-0.2, 0) is 33.5 Å². The normalized spacial score (nSPS) is 16.3. The largest absolute Gasteiger partial charge is 0.310 e. The van der Waals surface area contributed by atoms with Crippen LogP contribution in [0.4, 0.5) is 34.1 Å². The SMILES string of the molecule is [2H]c1cc([2H])c([2H])c(-c2cc(C(C)(C)C)cc(-c3c([2H])c([2H])c([2H])c([2H])c3[2H])c2N2c3cc(-n4c5ccc(C(C)(C)C)cc5c5cc(C(C)(C)C)ccc54)ccc3B3c4ccc(C5c6ccccc6Cc6ccccc65)cc4N(c4c(-c5c([2H])c([2H])c([2H])c([2H])c5[2H])cc(C(C)(C)C)cc4-c4c([2H])c([2H])c([2H])c([2H])c4[2H])c4cc(C(C)(C)C)cc2c43)c1[2H]. The second-order valence-electron chi connectivity index (χ2n) is 33.5. The molecule has 1 aromatic heterocycles. The average molecular weight is 1370 g/mol. The molecule has 0 radical (unpaired) electrons. The topological polar surface area (TPSA) is 11.4 Å². The lowest BCUT2D eigenvalue weighted by Crippen LogP contribution is -2.61. The maximum atomic E-state index is 10.2. The van der Waals surface area contributed by atoms with Crippen LogP contribution in [0.5, 0.6) is 0 Å². The van der Waals surface area contributed by atoms with Crippen molar-refractivity contribution < 1.29 is 26.0 Å². The van der Waals surface area contributed by atoms with Gasteiger partial charge in [-0.15, -0.1) is 0 Å². The van der Waals surface area contributed by atoms with Gasteiger partial charge in [0.1, 0.15) is 0 Å². The summed E-state index contributed by atoms with van der Waals surface area (Å²) in [6.45, 7) is 30.2. The van der Waals surface area contributed by atoms with Crippen molar-refractivity contribution in [2.75, 3.05) is 9.80 Å². The van der Waals surface area contributed by atoms with Crippen LogP contribution in [0.2, 0.25) is 0 Å². The molecule has 0 unspecified atom stereocenters. The van der Waals surface area contributed by atoms with Crippen LogP contribution in [0.25, 0.3) is 72.0 Å². The molecule has 0 saturated carbocycles. The Labute approximate surface area is 644 Å². The summed E-state index contributed by atoms with van der Waals surface area (Å²) in [4.78, 5) is 4.00. The van der Waals surface area contributed by atoms with Gasteiger partial charge in [-0.3, -0.25) is 0 Å². The van der Waals surface area contributed by atoms with Crippen molar-refractivity contribution >= 4 is 79.0 Å². The van der Waals surface area contributed by atoms with Crippen LogP contribution < -0.4 is 26.2 Å². The first-order valence-corrected chi connectivity index (χ1v) is 36.1. The number of rotatable bonds is 8. The number of fused-ring (bicyclic) bond motifs is 9. The maximum absolute atomic E-state index is 10.2. The molecule has 104 heavy (non-hydrogen) atoms. The summed E-state index contributed by atoms with van der Waals surface area (Å²) in [5, 5.41) is 2.00. The molecular formula is C100H94BN3. The molecule has 0 atom stereocenters. The number of aromatic nitrogens is 1. The third kappa shape index (κ3) is 11.3. The van der Waals surface area contributed by atoms with Gasteiger partial charge >= 0.3 is 0 Å². The molecule has 0 bridgehead atoms. The van der Waals surface area contributed by atoms with Crippen molar-refractivity contribution in [3.8, 4) is 50.2 Å². The molecular weight excluding hydrogens is 1250 g/mol. The summed E-state index contributed by atoms with van der Waals surface area (Å²) in [5.41, 5.74) is 11.8. The van der Waals surface area contributed by atoms with E-state index in [1.54, 1.807) is 12.1 Å². The van der Waals surface area contributed by atoms with Gasteiger partial charge in [0.05, 0.1) is 48.5 Å². The van der Waals surface area contributed by atoms with Gasteiger partial charge in [0.15, 0.2) is 0 Å². The zero-order valence-corrected chi connectivity index (χ0v) is 61.8. The van der Waals surface area contributed by atoms with E-state index in [4.69, 9.17) is 4.11 Å². The van der Waals surface area contributed by atoms with Gasteiger partial charge in [-0.25, -0.2) is 0 Å². The average Bonchev–Trinajstić information content (AvgIpc) is 0.903. The van der Waals surface area contributed by atoms with Gasteiger partial charge in [0, 0.05) is 67.4 Å². The molecule has 4 heteroatoms. The van der Waals surface area contributed by atoms with E-state index in [2.05, 4.69) is 176 Å². The van der Waals surface area contributed by atoms with E-state index < -0.39 is 132 Å². The van der Waals surface area contributed by atoms with Crippen molar-refractivity contribution in [3.05, 3.63) is 334 Å². The maximum Gasteiger partial charge on any atom is 0.252 e. The third-order valence-electron chi connectivity index (χ3n) is 21.7. The quantitative estimate of drug-likeness (QED) is 0.141. The van der Waals surface area contributed by atoms with Crippen molar-refractivity contribution in [1.29, 1.82) is 0 Å². The molecule has 0 N–H and O–H groups in total. The van der Waals surface area contributed by atoms with E-state index in [9.17, 15) is 21.9 Å². The number of benzene rings is 13. The summed E-state index contributed by atoms with van der Waals surface area (Å²) in [6.07, 6.45) is 0.653. The second-order valence-corrected chi connectivity index (χ2v) is 33.5. The van der Waals surface area contributed by atoms with E-state index in [1.165, 1.54) is 0 Å². The van der Waals surface area contributed by atoms with E-state index >= 15 is 0 Å². The molecule has 3 heterocycles. The summed E-state index contributed by atoms with van der Waals surface area (Å²) < 4.78 is 188. The van der Waals surface area contributed by atoms with Crippen LogP contribution in [0.1, 0.15) is 191 Å². The lowest BCUT2D eigenvalue weighted by Gasteiger charge is -2.47. The fourth-order valence-electron chi connectivity index (χ4n) is 16.1. The van der Waals surface area contributed by atoms with Crippen LogP contribution in [0.3, 0.4) is 0 Å². The lowest BCUT2D eigenvalue weighted by atomic mass is 9.33. The van der Waals surface area contributed by atoms with Gasteiger partial charge in [0.2, 0.25) is 0 Å². The van der Waals surface area contributed by atoms with Gasteiger partial charge in [-0.05, 0) is 207 Å². The highest BCUT2D eigenvalue weighted by molar-refractivity contribution is 7.00. The number of nitrogens with zero attached hydrogens (tertiary/aromatic N) is 3. The molecule has 3 aliphatic rings. The van der Waals surface area contributed by atoms with Crippen molar-refractivity contribution in [1.82, 2.24) is 4.57 Å². The van der Waals surface area contributed by atoms with E-state index in [0.717, 1.165) is 66.8 Å². The first-order chi connectivity index (χ1) is 57.6. The molecule has 2 aliphatic heterocycles. The van der Waals surface area contributed by atoms with Crippen LogP contribution in [0, 0.1) is 0 Å². The standard InChI is InChI=1S/C100H94BN3/c1-96(2,3)70-45-50-86-82(54-70)83-55-71(97(4,5)6)46-51-87(83)102(86)75-47-49-85-89(62-75)104(95-80(65-36-24-18-25-37-65)58-73(99(10,11)12)59-81(95)66-38-26-19-27-39-66)91-61-74(100(13,14)15)60-90-93(91)101(85)84-48-44-69(92-76-42-30-28-40-67(76)52-68-41-29-31-43-77(68)92)53-88(84)103(90)94-78(63-32-20-16-21-33-63)56-72(98(7,8)9)57-79(94)64-34-22-17-23-35-64/h16-51,53-62,92H,52H2,1-15H3/i16D,17D,18D,20D,21D,22D,23D,24D,25D,26D,27D,32D,33D,34D,35D,36D,37D,38D,39D. The highest BCUT2D eigenvalue weighted by Crippen LogP contribution is 2.56. The van der Waals surface area contributed by atoms with Crippen molar-refractivity contribution in [2.24, 2.45) is 0 Å². The van der Waals surface area contributed by atoms with E-state index in [-0.39, 0.29) is 78.8 Å². The Morgan fingerprint density at radius 2 is 0.712 bits per heavy atom. The number of hydrogen-bond acceptors (Lipinski definition) is 2. The van der Waals surface area contributed by atoms with Gasteiger partial charge < -0.3 is 14.4 Å². The van der Waals surface area contributed by atoms with Gasteiger partial charge in [-0.2, -0.15) is 0 Å². The number of anilines is 6. The molecule has 0 fully saturated rings. The molecule has 512 valence electrons. The Morgan fingerprint density at radius 3 is 1.12 bits per heavy atom. The van der Waals surface area contributed by atoms with Crippen molar-refractivity contribution in [2.45, 2.75) is 143 Å². The fraction of sp³-hybridized carbons (Fsp3) is 0.220.